The van der Waals surface area contributed by atoms with Crippen LogP contribution < -0.4 is 5.32 Å². The highest BCUT2D eigenvalue weighted by molar-refractivity contribution is 5.92. The van der Waals surface area contributed by atoms with Gasteiger partial charge in [0, 0.05) is 19.3 Å². The van der Waals surface area contributed by atoms with E-state index in [2.05, 4.69) is 20.2 Å². The number of nitrogens with one attached hydrogen (secondary N) is 1. The van der Waals surface area contributed by atoms with Crippen molar-refractivity contribution in [3.05, 3.63) is 47.9 Å². The molecule has 3 heterocycles. The molecule has 27 heavy (non-hydrogen) atoms. The molecule has 2 aliphatic rings. The van der Waals surface area contributed by atoms with Gasteiger partial charge in [0.1, 0.15) is 17.1 Å². The van der Waals surface area contributed by atoms with Crippen LogP contribution in [0.4, 0.5) is 0 Å². The fourth-order valence-corrected chi connectivity index (χ4v) is 4.16. The minimum atomic E-state index is -0.350. The Morgan fingerprint density at radius 1 is 1.37 bits per heavy atom. The zero-order valence-corrected chi connectivity index (χ0v) is 15.7. The van der Waals surface area contributed by atoms with E-state index in [1.165, 1.54) is 6.20 Å². The largest absolute Gasteiger partial charge is 0.468 e. The molecular weight excluding hydrogens is 344 g/mol. The molecule has 0 aromatic carbocycles. The molecule has 2 aromatic heterocycles. The first-order valence-corrected chi connectivity index (χ1v) is 9.63. The zero-order valence-electron chi connectivity index (χ0n) is 15.7. The lowest BCUT2D eigenvalue weighted by atomic mass is 9.78. The Balaban J connectivity index is 1.47. The summed E-state index contributed by atoms with van der Waals surface area (Å²) in [5.41, 5.74) is 0.797. The van der Waals surface area contributed by atoms with Gasteiger partial charge < -0.3 is 14.5 Å². The molecule has 2 aromatic rings. The van der Waals surface area contributed by atoms with E-state index in [1.807, 2.05) is 19.1 Å². The Labute approximate surface area is 159 Å². The SMILES string of the molecule is Cc1cnc(C(=O)N[C@H]2CCCC[C@]23CN(Cc2ccco2)CCO3)cn1. The molecule has 1 amide bonds. The number of amides is 1. The average molecular weight is 370 g/mol. The third kappa shape index (κ3) is 4.04. The lowest BCUT2D eigenvalue weighted by Crippen LogP contribution is -2.64. The first-order valence-electron chi connectivity index (χ1n) is 9.63. The molecule has 4 rings (SSSR count). The summed E-state index contributed by atoms with van der Waals surface area (Å²) in [6.45, 7) is 4.94. The first-order chi connectivity index (χ1) is 13.1. The predicted molar refractivity (Wildman–Crippen MR) is 99.2 cm³/mol. The van der Waals surface area contributed by atoms with Crippen LogP contribution in [-0.2, 0) is 11.3 Å². The Bertz CT molecular complexity index is 758. The zero-order chi connectivity index (χ0) is 18.7. The third-order valence-corrected chi connectivity index (χ3v) is 5.54. The molecule has 0 radical (unpaired) electrons. The summed E-state index contributed by atoms with van der Waals surface area (Å²) in [6, 6.07) is 3.89. The smallest absolute Gasteiger partial charge is 0.271 e. The van der Waals surface area contributed by atoms with Gasteiger partial charge in [-0.15, -0.1) is 0 Å². The van der Waals surface area contributed by atoms with Crippen LogP contribution in [0.5, 0.6) is 0 Å². The molecule has 0 unspecified atom stereocenters. The van der Waals surface area contributed by atoms with Crippen molar-refractivity contribution >= 4 is 5.91 Å². The summed E-state index contributed by atoms with van der Waals surface area (Å²) >= 11 is 0. The molecule has 7 nitrogen and oxygen atoms in total. The Hall–Kier alpha value is -2.25. The summed E-state index contributed by atoms with van der Waals surface area (Å²) in [4.78, 5) is 23.4. The number of hydrogen-bond donors (Lipinski definition) is 1. The third-order valence-electron chi connectivity index (χ3n) is 5.54. The Morgan fingerprint density at radius 3 is 3.07 bits per heavy atom. The van der Waals surface area contributed by atoms with Gasteiger partial charge in [-0.05, 0) is 31.9 Å². The summed E-state index contributed by atoms with van der Waals surface area (Å²) in [5, 5.41) is 3.18. The minimum Gasteiger partial charge on any atom is -0.468 e. The molecule has 7 heteroatoms. The van der Waals surface area contributed by atoms with E-state index in [1.54, 1.807) is 12.5 Å². The number of carbonyl (C=O) groups excluding carboxylic acids is 1. The number of nitrogens with zero attached hydrogens (tertiary/aromatic N) is 3. The fourth-order valence-electron chi connectivity index (χ4n) is 4.16. The van der Waals surface area contributed by atoms with Crippen LogP contribution in [-0.4, -0.2) is 52.1 Å². The second-order valence-corrected chi connectivity index (χ2v) is 7.52. The topological polar surface area (TPSA) is 80.5 Å². The van der Waals surface area contributed by atoms with Gasteiger partial charge in [-0.3, -0.25) is 14.7 Å². The summed E-state index contributed by atoms with van der Waals surface area (Å²) in [5.74, 6) is 0.777. The van der Waals surface area contributed by atoms with Gasteiger partial charge in [0.15, 0.2) is 0 Å². The van der Waals surface area contributed by atoms with Crippen molar-refractivity contribution in [2.45, 2.75) is 50.8 Å². The van der Waals surface area contributed by atoms with Crippen molar-refractivity contribution in [1.82, 2.24) is 20.2 Å². The summed E-state index contributed by atoms with van der Waals surface area (Å²) in [7, 11) is 0. The van der Waals surface area contributed by atoms with Crippen molar-refractivity contribution in [2.24, 2.45) is 0 Å². The Morgan fingerprint density at radius 2 is 2.30 bits per heavy atom. The second-order valence-electron chi connectivity index (χ2n) is 7.52. The maximum atomic E-state index is 12.7. The first kappa shape index (κ1) is 18.1. The quantitative estimate of drug-likeness (QED) is 0.890. The van der Waals surface area contributed by atoms with Crippen molar-refractivity contribution in [3.8, 4) is 0 Å². The van der Waals surface area contributed by atoms with Crippen molar-refractivity contribution in [2.75, 3.05) is 19.7 Å². The van der Waals surface area contributed by atoms with Crippen molar-refractivity contribution in [3.63, 3.8) is 0 Å². The lowest BCUT2D eigenvalue weighted by Gasteiger charge is -2.49. The van der Waals surface area contributed by atoms with Gasteiger partial charge in [-0.2, -0.15) is 0 Å². The van der Waals surface area contributed by atoms with Gasteiger partial charge in [0.05, 0.1) is 37.3 Å². The second kappa shape index (κ2) is 7.78. The number of furan rings is 1. The van der Waals surface area contributed by atoms with Gasteiger partial charge in [0.25, 0.3) is 5.91 Å². The molecule has 1 aliphatic carbocycles. The highest BCUT2D eigenvalue weighted by Crippen LogP contribution is 2.35. The number of carbonyl (C=O) groups is 1. The predicted octanol–water partition coefficient (Wildman–Crippen LogP) is 2.32. The van der Waals surface area contributed by atoms with Gasteiger partial charge in [-0.1, -0.05) is 12.8 Å². The standard InChI is InChI=1S/C20H26N4O3/c1-15-11-22-17(12-21-15)19(25)23-18-6-2-3-7-20(18)14-24(8-10-27-20)13-16-5-4-9-26-16/h4-5,9,11-12,18H,2-3,6-8,10,13-14H2,1H3,(H,23,25)/t18-,20-/m0/s1. The van der Waals surface area contributed by atoms with Crippen LogP contribution in [0, 0.1) is 6.92 Å². The van der Waals surface area contributed by atoms with Crippen LogP contribution in [0.15, 0.2) is 35.2 Å². The lowest BCUT2D eigenvalue weighted by molar-refractivity contribution is -0.143. The molecule has 1 spiro atoms. The number of morpholine rings is 1. The monoisotopic (exact) mass is 370 g/mol. The van der Waals surface area contributed by atoms with E-state index in [0.717, 1.165) is 56.8 Å². The van der Waals surface area contributed by atoms with Crippen molar-refractivity contribution in [1.29, 1.82) is 0 Å². The highest BCUT2D eigenvalue weighted by Gasteiger charge is 2.46. The van der Waals surface area contributed by atoms with E-state index in [4.69, 9.17) is 9.15 Å². The Kier molecular flexibility index (Phi) is 5.22. The number of aryl methyl sites for hydroxylation is 1. The van der Waals surface area contributed by atoms with Gasteiger partial charge in [0.2, 0.25) is 0 Å². The molecule has 1 aliphatic heterocycles. The molecule has 2 fully saturated rings. The number of hydrogen-bond acceptors (Lipinski definition) is 6. The van der Waals surface area contributed by atoms with Crippen LogP contribution in [0.3, 0.4) is 0 Å². The van der Waals surface area contributed by atoms with Crippen LogP contribution in [0.2, 0.25) is 0 Å². The maximum Gasteiger partial charge on any atom is 0.271 e. The molecular formula is C20H26N4O3. The normalized spacial score (nSPS) is 26.2. The van der Waals surface area contributed by atoms with E-state index >= 15 is 0 Å². The maximum absolute atomic E-state index is 12.7. The molecule has 2 atom stereocenters. The van der Waals surface area contributed by atoms with E-state index in [-0.39, 0.29) is 17.6 Å². The van der Waals surface area contributed by atoms with Gasteiger partial charge >= 0.3 is 0 Å². The molecule has 144 valence electrons. The van der Waals surface area contributed by atoms with Crippen molar-refractivity contribution < 1.29 is 13.9 Å². The molecule has 1 saturated carbocycles. The fraction of sp³-hybridized carbons (Fsp3) is 0.550. The summed E-state index contributed by atoms with van der Waals surface area (Å²) in [6.07, 6.45) is 8.93. The number of ether oxygens (including phenoxy) is 1. The molecule has 0 bridgehead atoms. The number of aromatic nitrogens is 2. The number of rotatable bonds is 4. The highest BCUT2D eigenvalue weighted by atomic mass is 16.5. The van der Waals surface area contributed by atoms with Crippen LogP contribution in [0.1, 0.15) is 47.6 Å². The van der Waals surface area contributed by atoms with E-state index in [9.17, 15) is 4.79 Å². The minimum absolute atomic E-state index is 0.0266. The van der Waals surface area contributed by atoms with E-state index < -0.39 is 0 Å². The molecule has 1 saturated heterocycles. The van der Waals surface area contributed by atoms with E-state index in [0.29, 0.717) is 12.3 Å². The van der Waals surface area contributed by atoms with Crippen LogP contribution in [0.25, 0.3) is 0 Å². The van der Waals surface area contributed by atoms with Crippen LogP contribution >= 0.6 is 0 Å². The molecule has 1 N–H and O–H groups in total. The summed E-state index contributed by atoms with van der Waals surface area (Å²) < 4.78 is 11.8. The average Bonchev–Trinajstić information content (AvgIpc) is 3.17. The van der Waals surface area contributed by atoms with Gasteiger partial charge in [-0.25, -0.2) is 4.98 Å².